The first-order valence-electron chi connectivity index (χ1n) is 14.6. The van der Waals surface area contributed by atoms with Crippen LogP contribution in [0.15, 0.2) is 60.9 Å². The van der Waals surface area contributed by atoms with Gasteiger partial charge in [-0.25, -0.2) is 9.37 Å². The van der Waals surface area contributed by atoms with Crippen LogP contribution in [0.5, 0.6) is 11.5 Å². The Morgan fingerprint density at radius 2 is 1.83 bits per heavy atom. The summed E-state index contributed by atoms with van der Waals surface area (Å²) in [6.45, 7) is 1.49. The van der Waals surface area contributed by atoms with E-state index in [1.807, 2.05) is 0 Å². The lowest BCUT2D eigenvalue weighted by Crippen LogP contribution is -2.51. The second-order valence-electron chi connectivity index (χ2n) is 11.8. The lowest BCUT2D eigenvalue weighted by atomic mass is 9.81. The predicted molar refractivity (Wildman–Crippen MR) is 160 cm³/mol. The van der Waals surface area contributed by atoms with Crippen molar-refractivity contribution < 1.29 is 41.7 Å². The molecule has 6 rings (SSSR count). The molecular formula is C33H29F4N5O5. The Morgan fingerprint density at radius 1 is 1.11 bits per heavy atom. The van der Waals surface area contributed by atoms with E-state index in [0.29, 0.717) is 22.7 Å². The van der Waals surface area contributed by atoms with Crippen LogP contribution in [0.2, 0.25) is 0 Å². The van der Waals surface area contributed by atoms with Crippen molar-refractivity contribution in [1.29, 1.82) is 0 Å². The van der Waals surface area contributed by atoms with Gasteiger partial charge in [-0.15, -0.1) is 0 Å². The number of ether oxygens (including phenoxy) is 2. The molecule has 4 N–H and O–H groups in total. The van der Waals surface area contributed by atoms with E-state index < -0.39 is 47.1 Å². The number of fused-ring (bicyclic) bond motifs is 1. The van der Waals surface area contributed by atoms with Gasteiger partial charge in [0.1, 0.15) is 35.0 Å². The lowest BCUT2D eigenvalue weighted by Gasteiger charge is -2.31. The number of hydrogen-bond acceptors (Lipinski definition) is 8. The first kappa shape index (κ1) is 31.9. The van der Waals surface area contributed by atoms with Gasteiger partial charge in [0.05, 0.1) is 35.9 Å². The highest BCUT2D eigenvalue weighted by atomic mass is 19.4. The average molecular weight is 652 g/mol. The van der Waals surface area contributed by atoms with Crippen molar-refractivity contribution in [2.45, 2.75) is 50.0 Å². The van der Waals surface area contributed by atoms with Crippen LogP contribution in [0, 0.1) is 12.7 Å². The maximum absolute atomic E-state index is 14.8. The molecule has 47 heavy (non-hydrogen) atoms. The van der Waals surface area contributed by atoms with Crippen LogP contribution in [0.25, 0.3) is 22.5 Å². The van der Waals surface area contributed by atoms with Crippen LogP contribution < -0.4 is 20.5 Å². The van der Waals surface area contributed by atoms with Gasteiger partial charge in [-0.05, 0) is 75.2 Å². The maximum atomic E-state index is 14.8. The van der Waals surface area contributed by atoms with Gasteiger partial charge in [0.15, 0.2) is 0 Å². The number of hydrogen-bond donors (Lipinski definition) is 3. The minimum Gasteiger partial charge on any atom is -0.490 e. The van der Waals surface area contributed by atoms with Crippen molar-refractivity contribution in [2.24, 2.45) is 5.73 Å². The minimum atomic E-state index is -5.37. The number of aryl methyl sites for hydroxylation is 1. The fourth-order valence-corrected chi connectivity index (χ4v) is 5.12. The number of nitrogens with two attached hydrogens (primary N) is 1. The van der Waals surface area contributed by atoms with Crippen LogP contribution in [-0.4, -0.2) is 57.3 Å². The molecule has 1 saturated carbocycles. The van der Waals surface area contributed by atoms with Crippen LogP contribution in [0.4, 0.5) is 17.6 Å². The Balaban J connectivity index is 1.37. The highest BCUT2D eigenvalue weighted by Crippen LogP contribution is 2.47. The molecule has 0 radical (unpaired) electrons. The number of aromatic nitrogens is 3. The van der Waals surface area contributed by atoms with Gasteiger partial charge in [0.2, 0.25) is 11.5 Å². The average Bonchev–Trinajstić information content (AvgIpc) is 3.79. The van der Waals surface area contributed by atoms with Crippen molar-refractivity contribution in [3.05, 3.63) is 89.3 Å². The molecule has 0 bridgehead atoms. The molecule has 2 aromatic carbocycles. The van der Waals surface area contributed by atoms with Crippen molar-refractivity contribution >= 4 is 11.8 Å². The summed E-state index contributed by atoms with van der Waals surface area (Å²) >= 11 is 0. The number of benzene rings is 2. The predicted octanol–water partition coefficient (Wildman–Crippen LogP) is 4.51. The van der Waals surface area contributed by atoms with E-state index >= 15 is 0 Å². The number of nitrogens with one attached hydrogen (secondary N) is 1. The molecule has 1 aliphatic heterocycles. The second-order valence-corrected chi connectivity index (χ2v) is 11.8. The molecular weight excluding hydrogens is 622 g/mol. The largest absolute Gasteiger partial charge is 0.490 e. The standard InChI is InChI=1S/C33H29F4N5O5/c1-17-13-40-24(14-39-17)22-11-19(5-10-25(22)47-21-8-9-21)29(43)41-15-32(45,33(35,36)37)26-12-23-28(46-16-31(23,2)30(38)44)27(42-26)18-3-6-20(34)7-4-18/h3-7,10-14,21,45H,8-9,15-16H2,1-2H3,(H2,38,44)(H,41,43)/t31-,32-/m0/s1. The summed E-state index contributed by atoms with van der Waals surface area (Å²) in [5.41, 5.74) is 0.753. The molecule has 10 nitrogen and oxygen atoms in total. The monoisotopic (exact) mass is 651 g/mol. The van der Waals surface area contributed by atoms with Crippen molar-refractivity contribution in [1.82, 2.24) is 20.3 Å². The number of aliphatic hydroxyl groups is 1. The molecule has 0 spiro atoms. The SMILES string of the molecule is Cc1cnc(-c2cc(C(=O)NC[C@](O)(c3cc4c(c(-c5ccc(F)cc5)n3)OC[C@]4(C)C(N)=O)C(F)(F)F)ccc2OC2CC2)cn1. The molecule has 1 fully saturated rings. The molecule has 0 unspecified atom stereocenters. The summed E-state index contributed by atoms with van der Waals surface area (Å²) in [6.07, 6.45) is -0.603. The number of alkyl halides is 3. The quantitative estimate of drug-likeness (QED) is 0.224. The highest BCUT2D eigenvalue weighted by Gasteiger charge is 2.57. The summed E-state index contributed by atoms with van der Waals surface area (Å²) in [7, 11) is 0. The highest BCUT2D eigenvalue weighted by molar-refractivity contribution is 5.96. The summed E-state index contributed by atoms with van der Waals surface area (Å²) < 4.78 is 69.7. The second kappa shape index (κ2) is 11.6. The van der Waals surface area contributed by atoms with Gasteiger partial charge in [-0.1, -0.05) is 0 Å². The van der Waals surface area contributed by atoms with E-state index in [1.54, 1.807) is 6.92 Å². The smallest absolute Gasteiger partial charge is 0.424 e. The molecule has 244 valence electrons. The number of carbonyl (C=O) groups is 2. The van der Waals surface area contributed by atoms with Gasteiger partial charge in [0.25, 0.3) is 5.91 Å². The fraction of sp³-hybridized carbons (Fsp3) is 0.303. The fourth-order valence-electron chi connectivity index (χ4n) is 5.12. The molecule has 3 heterocycles. The third-order valence-electron chi connectivity index (χ3n) is 8.25. The van der Waals surface area contributed by atoms with Gasteiger partial charge < -0.3 is 25.6 Å². The molecule has 2 atom stereocenters. The summed E-state index contributed by atoms with van der Waals surface area (Å²) in [5.74, 6) is -2.02. The van der Waals surface area contributed by atoms with E-state index in [-0.39, 0.29) is 40.8 Å². The van der Waals surface area contributed by atoms with E-state index in [1.165, 1.54) is 49.6 Å². The van der Waals surface area contributed by atoms with E-state index in [4.69, 9.17) is 15.2 Å². The van der Waals surface area contributed by atoms with Gasteiger partial charge in [-0.3, -0.25) is 19.6 Å². The van der Waals surface area contributed by atoms with Crippen molar-refractivity contribution in [3.63, 3.8) is 0 Å². The minimum absolute atomic E-state index is 0.00932. The number of rotatable bonds is 9. The van der Waals surface area contributed by atoms with Crippen LogP contribution in [0.3, 0.4) is 0 Å². The molecule has 2 amide bonds. The summed E-state index contributed by atoms with van der Waals surface area (Å²) in [6, 6.07) is 9.94. The van der Waals surface area contributed by atoms with Gasteiger partial charge in [-0.2, -0.15) is 13.2 Å². The maximum Gasteiger partial charge on any atom is 0.424 e. The Labute approximate surface area is 266 Å². The Morgan fingerprint density at radius 3 is 2.45 bits per heavy atom. The zero-order chi connectivity index (χ0) is 33.7. The van der Waals surface area contributed by atoms with Crippen LogP contribution in [-0.2, 0) is 15.8 Å². The number of primary amides is 1. The Bertz CT molecular complexity index is 1870. The van der Waals surface area contributed by atoms with E-state index in [9.17, 15) is 32.3 Å². The summed E-state index contributed by atoms with van der Waals surface area (Å²) in [4.78, 5) is 38.5. The normalized spacial score (nSPS) is 18.5. The number of carbonyl (C=O) groups excluding carboxylic acids is 2. The number of halogens is 4. The molecule has 0 saturated heterocycles. The van der Waals surface area contributed by atoms with Gasteiger partial charge in [0, 0.05) is 28.5 Å². The van der Waals surface area contributed by atoms with Crippen LogP contribution >= 0.6 is 0 Å². The third kappa shape index (κ3) is 5.96. The molecule has 2 aromatic heterocycles. The lowest BCUT2D eigenvalue weighted by molar-refractivity contribution is -0.265. The van der Waals surface area contributed by atoms with E-state index in [0.717, 1.165) is 31.0 Å². The Kier molecular flexibility index (Phi) is 7.86. The number of pyridine rings is 1. The first-order valence-corrected chi connectivity index (χ1v) is 14.6. The van der Waals surface area contributed by atoms with Crippen LogP contribution in [0.1, 0.15) is 47.1 Å². The van der Waals surface area contributed by atoms with Crippen molar-refractivity contribution in [3.8, 4) is 34.0 Å². The zero-order valence-corrected chi connectivity index (χ0v) is 25.2. The number of amides is 2. The third-order valence-corrected chi connectivity index (χ3v) is 8.25. The van der Waals surface area contributed by atoms with E-state index in [2.05, 4.69) is 20.3 Å². The summed E-state index contributed by atoms with van der Waals surface area (Å²) in [5, 5.41) is 13.5. The number of nitrogens with zero attached hydrogens (tertiary/aromatic N) is 3. The molecule has 14 heteroatoms. The molecule has 4 aromatic rings. The molecule has 2 aliphatic rings. The zero-order valence-electron chi connectivity index (χ0n) is 25.2. The Hall–Kier alpha value is -5.11. The van der Waals surface area contributed by atoms with Gasteiger partial charge >= 0.3 is 6.18 Å². The van der Waals surface area contributed by atoms with Crippen molar-refractivity contribution in [2.75, 3.05) is 13.2 Å². The first-order chi connectivity index (χ1) is 22.2. The molecule has 1 aliphatic carbocycles. The topological polar surface area (TPSA) is 150 Å².